The van der Waals surface area contributed by atoms with Gasteiger partial charge < -0.3 is 10.6 Å². The lowest BCUT2D eigenvalue weighted by molar-refractivity contribution is 0.424. The Hall–Kier alpha value is -3.32. The van der Waals surface area contributed by atoms with Crippen molar-refractivity contribution in [2.45, 2.75) is 32.9 Å². The Balaban J connectivity index is 1.87. The molecular weight excluding hydrogens is 379 g/mol. The minimum Gasteiger partial charge on any atom is -0.357 e. The lowest BCUT2D eigenvalue weighted by atomic mass is 10.1. The van der Waals surface area contributed by atoms with Crippen LogP contribution in [-0.4, -0.2) is 31.9 Å². The zero-order valence-corrected chi connectivity index (χ0v) is 17.6. The molecule has 0 aliphatic carbocycles. The standard InChI is InChI=1S/C23H25FN6/c1-23(2,3)27-14-15-10-12-30-19(13-15)29-20(16-5-7-17(24)8-6-16)21(30)18-9-11-26-22(25-4)28-18/h5-13,27H,14H2,1-4H3,(H,25,26,28). The van der Waals surface area contributed by atoms with Gasteiger partial charge in [-0.25, -0.2) is 19.3 Å². The van der Waals surface area contributed by atoms with Crippen LogP contribution in [0.3, 0.4) is 0 Å². The van der Waals surface area contributed by atoms with E-state index in [1.165, 1.54) is 12.1 Å². The Morgan fingerprint density at radius 2 is 1.80 bits per heavy atom. The van der Waals surface area contributed by atoms with E-state index < -0.39 is 0 Å². The molecule has 0 fully saturated rings. The zero-order valence-electron chi connectivity index (χ0n) is 17.6. The SMILES string of the molecule is CNc1nccc(-c2c(-c3ccc(F)cc3)nc3cc(CNC(C)(C)C)ccn23)n1. The normalized spacial score (nSPS) is 11.8. The molecule has 2 N–H and O–H groups in total. The summed E-state index contributed by atoms with van der Waals surface area (Å²) in [5.41, 5.74) is 5.12. The zero-order chi connectivity index (χ0) is 21.3. The lowest BCUT2D eigenvalue weighted by Crippen LogP contribution is -2.35. The molecule has 0 saturated carbocycles. The maximum absolute atomic E-state index is 13.5. The van der Waals surface area contributed by atoms with Crippen molar-refractivity contribution < 1.29 is 4.39 Å². The number of hydrogen-bond donors (Lipinski definition) is 2. The summed E-state index contributed by atoms with van der Waals surface area (Å²) in [5, 5.41) is 6.48. The van der Waals surface area contributed by atoms with Crippen molar-refractivity contribution >= 4 is 11.6 Å². The molecular formula is C23H25FN6. The summed E-state index contributed by atoms with van der Waals surface area (Å²) in [6, 6.07) is 12.4. The molecule has 4 aromatic rings. The van der Waals surface area contributed by atoms with Crippen LogP contribution in [0.15, 0.2) is 54.9 Å². The van der Waals surface area contributed by atoms with Crippen LogP contribution < -0.4 is 10.6 Å². The fraction of sp³-hybridized carbons (Fsp3) is 0.261. The first-order valence-corrected chi connectivity index (χ1v) is 9.87. The van der Waals surface area contributed by atoms with E-state index in [4.69, 9.17) is 4.98 Å². The Bertz CT molecular complexity index is 1170. The first-order valence-electron chi connectivity index (χ1n) is 9.87. The van der Waals surface area contributed by atoms with Crippen molar-refractivity contribution in [1.82, 2.24) is 24.7 Å². The number of hydrogen-bond acceptors (Lipinski definition) is 5. The molecule has 3 aromatic heterocycles. The number of halogens is 1. The molecule has 0 unspecified atom stereocenters. The molecule has 0 bridgehead atoms. The van der Waals surface area contributed by atoms with Crippen molar-refractivity contribution in [2.24, 2.45) is 0 Å². The second-order valence-corrected chi connectivity index (χ2v) is 8.20. The minimum atomic E-state index is -0.279. The monoisotopic (exact) mass is 404 g/mol. The first kappa shape index (κ1) is 20.0. The number of nitrogens with zero attached hydrogens (tertiary/aromatic N) is 4. The fourth-order valence-electron chi connectivity index (χ4n) is 3.23. The molecule has 154 valence electrons. The number of anilines is 1. The van der Waals surface area contributed by atoms with Crippen LogP contribution in [-0.2, 0) is 6.54 Å². The van der Waals surface area contributed by atoms with Gasteiger partial charge >= 0.3 is 0 Å². The average Bonchev–Trinajstić information content (AvgIpc) is 3.11. The molecule has 0 radical (unpaired) electrons. The molecule has 7 heteroatoms. The van der Waals surface area contributed by atoms with Gasteiger partial charge in [-0.1, -0.05) is 0 Å². The topological polar surface area (TPSA) is 67.1 Å². The third-order valence-electron chi connectivity index (χ3n) is 4.75. The number of rotatable bonds is 5. The van der Waals surface area contributed by atoms with Crippen LogP contribution in [0.5, 0.6) is 0 Å². The van der Waals surface area contributed by atoms with Gasteiger partial charge in [0.15, 0.2) is 0 Å². The number of nitrogens with one attached hydrogen (secondary N) is 2. The lowest BCUT2D eigenvalue weighted by Gasteiger charge is -2.20. The van der Waals surface area contributed by atoms with Crippen molar-refractivity contribution in [1.29, 1.82) is 0 Å². The summed E-state index contributed by atoms with van der Waals surface area (Å²) in [6.07, 6.45) is 3.72. The van der Waals surface area contributed by atoms with E-state index in [1.54, 1.807) is 25.4 Å². The predicted molar refractivity (Wildman–Crippen MR) is 118 cm³/mol. The number of imidazole rings is 1. The van der Waals surface area contributed by atoms with Gasteiger partial charge in [-0.2, -0.15) is 0 Å². The summed E-state index contributed by atoms with van der Waals surface area (Å²) in [6.45, 7) is 7.16. The Kier molecular flexibility index (Phi) is 5.22. The average molecular weight is 404 g/mol. The maximum Gasteiger partial charge on any atom is 0.222 e. The number of pyridine rings is 1. The minimum absolute atomic E-state index is 0.0243. The highest BCUT2D eigenvalue weighted by Gasteiger charge is 2.18. The Morgan fingerprint density at radius 1 is 1.03 bits per heavy atom. The maximum atomic E-state index is 13.5. The number of fused-ring (bicyclic) bond motifs is 1. The van der Waals surface area contributed by atoms with E-state index in [9.17, 15) is 4.39 Å². The van der Waals surface area contributed by atoms with Crippen LogP contribution in [0.25, 0.3) is 28.3 Å². The molecule has 0 aliphatic heterocycles. The van der Waals surface area contributed by atoms with E-state index in [1.807, 2.05) is 16.7 Å². The van der Waals surface area contributed by atoms with Gasteiger partial charge in [0.2, 0.25) is 5.95 Å². The van der Waals surface area contributed by atoms with E-state index >= 15 is 0 Å². The van der Waals surface area contributed by atoms with Crippen molar-refractivity contribution in [3.8, 4) is 22.6 Å². The first-order chi connectivity index (χ1) is 14.3. The Morgan fingerprint density at radius 3 is 2.50 bits per heavy atom. The van der Waals surface area contributed by atoms with Crippen molar-refractivity contribution in [3.05, 3.63) is 66.2 Å². The molecule has 0 spiro atoms. The highest BCUT2D eigenvalue weighted by atomic mass is 19.1. The molecule has 0 amide bonds. The van der Waals surface area contributed by atoms with Gasteiger partial charge in [-0.3, -0.25) is 4.40 Å². The summed E-state index contributed by atoms with van der Waals surface area (Å²) in [7, 11) is 1.78. The van der Waals surface area contributed by atoms with Crippen LogP contribution in [0.4, 0.5) is 10.3 Å². The fourth-order valence-corrected chi connectivity index (χ4v) is 3.23. The van der Waals surface area contributed by atoms with Crippen LogP contribution >= 0.6 is 0 Å². The van der Waals surface area contributed by atoms with Gasteiger partial charge in [0.05, 0.1) is 17.1 Å². The molecule has 0 aliphatic rings. The second-order valence-electron chi connectivity index (χ2n) is 8.20. The molecule has 3 heterocycles. The van der Waals surface area contributed by atoms with Crippen LogP contribution in [0.1, 0.15) is 26.3 Å². The third kappa shape index (κ3) is 4.16. The van der Waals surface area contributed by atoms with E-state index in [-0.39, 0.29) is 11.4 Å². The van der Waals surface area contributed by atoms with E-state index in [0.717, 1.165) is 40.4 Å². The number of benzene rings is 1. The van der Waals surface area contributed by atoms with Crippen LogP contribution in [0, 0.1) is 5.82 Å². The van der Waals surface area contributed by atoms with Crippen molar-refractivity contribution in [3.63, 3.8) is 0 Å². The van der Waals surface area contributed by atoms with E-state index in [0.29, 0.717) is 5.95 Å². The second kappa shape index (κ2) is 7.84. The molecule has 0 saturated heterocycles. The largest absolute Gasteiger partial charge is 0.357 e. The molecule has 1 aromatic carbocycles. The highest BCUT2D eigenvalue weighted by molar-refractivity contribution is 5.80. The highest BCUT2D eigenvalue weighted by Crippen LogP contribution is 2.32. The smallest absolute Gasteiger partial charge is 0.222 e. The summed E-state index contributed by atoms with van der Waals surface area (Å²) in [4.78, 5) is 13.7. The summed E-state index contributed by atoms with van der Waals surface area (Å²) >= 11 is 0. The quantitative estimate of drug-likeness (QED) is 0.512. The summed E-state index contributed by atoms with van der Waals surface area (Å²) in [5.74, 6) is 0.248. The Labute approximate surface area is 175 Å². The molecule has 4 rings (SSSR count). The molecule has 6 nitrogen and oxygen atoms in total. The van der Waals surface area contributed by atoms with Gasteiger partial charge in [0, 0.05) is 37.1 Å². The summed E-state index contributed by atoms with van der Waals surface area (Å²) < 4.78 is 15.5. The number of aromatic nitrogens is 4. The van der Waals surface area contributed by atoms with Crippen molar-refractivity contribution in [2.75, 3.05) is 12.4 Å². The third-order valence-corrected chi connectivity index (χ3v) is 4.75. The molecule has 30 heavy (non-hydrogen) atoms. The van der Waals surface area contributed by atoms with Gasteiger partial charge in [-0.05, 0) is 68.8 Å². The van der Waals surface area contributed by atoms with Gasteiger partial charge in [-0.15, -0.1) is 0 Å². The van der Waals surface area contributed by atoms with Gasteiger partial charge in [0.1, 0.15) is 11.5 Å². The van der Waals surface area contributed by atoms with Gasteiger partial charge in [0.25, 0.3) is 0 Å². The predicted octanol–water partition coefficient (Wildman–Crippen LogP) is 4.53. The van der Waals surface area contributed by atoms with Crippen LogP contribution in [0.2, 0.25) is 0 Å². The molecule has 0 atom stereocenters. The van der Waals surface area contributed by atoms with E-state index in [2.05, 4.69) is 53.5 Å².